The summed E-state index contributed by atoms with van der Waals surface area (Å²) in [6.07, 6.45) is 5.07. The second-order valence-electron chi connectivity index (χ2n) is 7.18. The van der Waals surface area contributed by atoms with Gasteiger partial charge in [0, 0.05) is 18.1 Å². The predicted octanol–water partition coefficient (Wildman–Crippen LogP) is 3.20. The molecule has 5 heteroatoms. The molecule has 3 rings (SSSR count). The average molecular weight is 353 g/mol. The Morgan fingerprint density at radius 3 is 2.54 bits per heavy atom. The summed E-state index contributed by atoms with van der Waals surface area (Å²) >= 11 is 0. The molecule has 2 aliphatic heterocycles. The number of ether oxygens (including phenoxy) is 1. The lowest BCUT2D eigenvalue weighted by atomic mass is 10.00. The van der Waals surface area contributed by atoms with Crippen LogP contribution in [0.15, 0.2) is 12.1 Å². The fraction of sp³-hybridized carbons (Fsp3) is 0.632. The molecule has 0 saturated carbocycles. The second kappa shape index (κ2) is 8.21. The third kappa shape index (κ3) is 4.64. The van der Waals surface area contributed by atoms with Gasteiger partial charge in [0.05, 0.1) is 13.0 Å². The highest BCUT2D eigenvalue weighted by atomic mass is 35.5. The number of benzene rings is 1. The van der Waals surface area contributed by atoms with Gasteiger partial charge in [-0.3, -0.25) is 4.79 Å². The molecule has 134 valence electrons. The number of amides is 1. The van der Waals surface area contributed by atoms with Crippen LogP contribution in [0.4, 0.5) is 0 Å². The number of carbonyl (C=O) groups is 1. The third-order valence-electron chi connectivity index (χ3n) is 5.19. The van der Waals surface area contributed by atoms with E-state index in [1.165, 1.54) is 24.0 Å². The average Bonchev–Trinajstić information content (AvgIpc) is 2.83. The standard InChI is InChI=1S/C19H28N2O2.ClH/c1-12-8-13(2)14(3)18(9-12)23-7-6-19(22)21-17-10-15-4-5-16(11-17)20-15;/h8-9,15-17,20H,4-7,10-11H2,1-3H3,(H,21,22);1H. The quantitative estimate of drug-likeness (QED) is 0.855. The molecule has 2 bridgehead atoms. The number of piperidine rings is 1. The van der Waals surface area contributed by atoms with Crippen LogP contribution in [0.3, 0.4) is 0 Å². The molecule has 0 radical (unpaired) electrons. The summed E-state index contributed by atoms with van der Waals surface area (Å²) in [5.74, 6) is 1.01. The van der Waals surface area contributed by atoms with E-state index in [4.69, 9.17) is 4.74 Å². The van der Waals surface area contributed by atoms with Gasteiger partial charge in [0.25, 0.3) is 0 Å². The number of aryl methyl sites for hydroxylation is 2. The monoisotopic (exact) mass is 352 g/mol. The van der Waals surface area contributed by atoms with Gasteiger partial charge < -0.3 is 15.4 Å². The minimum absolute atomic E-state index is 0. The largest absolute Gasteiger partial charge is 0.493 e. The molecule has 2 saturated heterocycles. The predicted molar refractivity (Wildman–Crippen MR) is 99.1 cm³/mol. The van der Waals surface area contributed by atoms with Gasteiger partial charge in [0.2, 0.25) is 5.91 Å². The van der Waals surface area contributed by atoms with Crippen LogP contribution < -0.4 is 15.4 Å². The van der Waals surface area contributed by atoms with Gasteiger partial charge in [0.15, 0.2) is 0 Å². The molecule has 2 atom stereocenters. The van der Waals surface area contributed by atoms with Crippen molar-refractivity contribution in [2.45, 2.75) is 71.0 Å². The van der Waals surface area contributed by atoms with E-state index < -0.39 is 0 Å². The van der Waals surface area contributed by atoms with Gasteiger partial charge in [-0.15, -0.1) is 12.4 Å². The molecule has 1 amide bonds. The van der Waals surface area contributed by atoms with E-state index in [9.17, 15) is 4.79 Å². The van der Waals surface area contributed by atoms with E-state index >= 15 is 0 Å². The first-order valence-electron chi connectivity index (χ1n) is 8.77. The van der Waals surface area contributed by atoms with E-state index in [1.54, 1.807) is 0 Å². The molecule has 24 heavy (non-hydrogen) atoms. The first-order chi connectivity index (χ1) is 11.0. The minimum atomic E-state index is 0. The fourth-order valence-corrected chi connectivity index (χ4v) is 3.88. The molecule has 2 N–H and O–H groups in total. The summed E-state index contributed by atoms with van der Waals surface area (Å²) in [6, 6.07) is 5.75. The molecule has 2 heterocycles. The van der Waals surface area contributed by atoms with Crippen molar-refractivity contribution in [3.05, 3.63) is 28.8 Å². The topological polar surface area (TPSA) is 50.4 Å². The lowest BCUT2D eigenvalue weighted by Crippen LogP contribution is -2.48. The van der Waals surface area contributed by atoms with Crippen LogP contribution in [0.2, 0.25) is 0 Å². The van der Waals surface area contributed by atoms with E-state index in [1.807, 2.05) is 6.07 Å². The van der Waals surface area contributed by atoms with Crippen molar-refractivity contribution < 1.29 is 9.53 Å². The van der Waals surface area contributed by atoms with Crippen LogP contribution in [-0.4, -0.2) is 30.6 Å². The van der Waals surface area contributed by atoms with E-state index in [-0.39, 0.29) is 18.3 Å². The summed E-state index contributed by atoms with van der Waals surface area (Å²) < 4.78 is 5.84. The van der Waals surface area contributed by atoms with Crippen LogP contribution in [-0.2, 0) is 4.79 Å². The van der Waals surface area contributed by atoms with Crippen molar-refractivity contribution in [1.29, 1.82) is 0 Å². The highest BCUT2D eigenvalue weighted by Gasteiger charge is 2.33. The Hall–Kier alpha value is -1.26. The molecule has 0 aliphatic carbocycles. The zero-order valence-electron chi connectivity index (χ0n) is 14.9. The van der Waals surface area contributed by atoms with Crippen LogP contribution in [0.25, 0.3) is 0 Å². The molecule has 0 spiro atoms. The minimum Gasteiger partial charge on any atom is -0.493 e. The van der Waals surface area contributed by atoms with Crippen LogP contribution >= 0.6 is 12.4 Å². The fourth-order valence-electron chi connectivity index (χ4n) is 3.88. The van der Waals surface area contributed by atoms with E-state index in [0.717, 1.165) is 24.2 Å². The Morgan fingerprint density at radius 2 is 1.88 bits per heavy atom. The first kappa shape index (κ1) is 19.1. The number of rotatable bonds is 5. The van der Waals surface area contributed by atoms with Crippen LogP contribution in [0.1, 0.15) is 48.8 Å². The maximum Gasteiger partial charge on any atom is 0.223 e. The summed E-state index contributed by atoms with van der Waals surface area (Å²) in [7, 11) is 0. The molecule has 0 aromatic heterocycles. The van der Waals surface area contributed by atoms with Crippen molar-refractivity contribution in [1.82, 2.24) is 10.6 Å². The van der Waals surface area contributed by atoms with Crippen molar-refractivity contribution in [2.24, 2.45) is 0 Å². The van der Waals surface area contributed by atoms with Gasteiger partial charge in [-0.1, -0.05) is 6.07 Å². The van der Waals surface area contributed by atoms with Gasteiger partial charge >= 0.3 is 0 Å². The summed E-state index contributed by atoms with van der Waals surface area (Å²) in [4.78, 5) is 12.1. The van der Waals surface area contributed by atoms with Gasteiger partial charge in [-0.2, -0.15) is 0 Å². The molecule has 4 nitrogen and oxygen atoms in total. The maximum atomic E-state index is 12.1. The summed E-state index contributed by atoms with van der Waals surface area (Å²) in [6.45, 7) is 6.66. The second-order valence-corrected chi connectivity index (χ2v) is 7.18. The molecule has 1 aromatic rings. The zero-order chi connectivity index (χ0) is 16.4. The van der Waals surface area contributed by atoms with Crippen molar-refractivity contribution in [3.63, 3.8) is 0 Å². The SMILES string of the molecule is Cc1cc(C)c(C)c(OCCC(=O)NC2CC3CCC(C2)N3)c1.Cl. The highest BCUT2D eigenvalue weighted by molar-refractivity contribution is 5.85. The highest BCUT2D eigenvalue weighted by Crippen LogP contribution is 2.27. The zero-order valence-corrected chi connectivity index (χ0v) is 15.7. The number of hydrogen-bond donors (Lipinski definition) is 2. The lowest BCUT2D eigenvalue weighted by molar-refractivity contribution is -0.122. The van der Waals surface area contributed by atoms with Crippen molar-refractivity contribution in [2.75, 3.05) is 6.61 Å². The Labute approximate surface area is 151 Å². The van der Waals surface area contributed by atoms with Crippen molar-refractivity contribution in [3.8, 4) is 5.75 Å². The van der Waals surface area contributed by atoms with Gasteiger partial charge in [0.1, 0.15) is 5.75 Å². The third-order valence-corrected chi connectivity index (χ3v) is 5.19. The number of nitrogens with one attached hydrogen (secondary N) is 2. The number of hydrogen-bond acceptors (Lipinski definition) is 3. The summed E-state index contributed by atoms with van der Waals surface area (Å²) in [5, 5.41) is 6.78. The number of halogens is 1. The van der Waals surface area contributed by atoms with Crippen LogP contribution in [0, 0.1) is 20.8 Å². The van der Waals surface area contributed by atoms with Crippen molar-refractivity contribution >= 4 is 18.3 Å². The Bertz CT molecular complexity index is 579. The molecule has 2 aliphatic rings. The molecule has 2 unspecified atom stereocenters. The normalized spacial score (nSPS) is 25.0. The number of fused-ring (bicyclic) bond motifs is 2. The molecular formula is C19H29ClN2O2. The lowest BCUT2D eigenvalue weighted by Gasteiger charge is -2.29. The molecule has 1 aromatic carbocycles. The number of carbonyl (C=O) groups excluding carboxylic acids is 1. The molecular weight excluding hydrogens is 324 g/mol. The van der Waals surface area contributed by atoms with Gasteiger partial charge in [-0.05, 0) is 69.2 Å². The first-order valence-corrected chi connectivity index (χ1v) is 8.77. The smallest absolute Gasteiger partial charge is 0.223 e. The Morgan fingerprint density at radius 1 is 1.21 bits per heavy atom. The Kier molecular flexibility index (Phi) is 6.53. The maximum absolute atomic E-state index is 12.1. The summed E-state index contributed by atoms with van der Waals surface area (Å²) in [5.41, 5.74) is 3.58. The Balaban J connectivity index is 0.00000208. The van der Waals surface area contributed by atoms with Crippen LogP contribution in [0.5, 0.6) is 5.75 Å². The van der Waals surface area contributed by atoms with E-state index in [0.29, 0.717) is 31.2 Å². The van der Waals surface area contributed by atoms with Gasteiger partial charge in [-0.25, -0.2) is 0 Å². The van der Waals surface area contributed by atoms with E-state index in [2.05, 4.69) is 37.5 Å². The molecule has 2 fully saturated rings.